The molecule has 0 saturated carbocycles. The molecule has 3 heteroatoms. The van der Waals surface area contributed by atoms with Crippen LogP contribution in [0, 0.1) is 0 Å². The largest absolute Gasteiger partial charge is 0.404 e. The molecule has 0 aromatic heterocycles. The van der Waals surface area contributed by atoms with Gasteiger partial charge in [-0.05, 0) is 24.4 Å². The van der Waals surface area contributed by atoms with E-state index in [9.17, 15) is 0 Å². The second-order valence-electron chi connectivity index (χ2n) is 2.23. The van der Waals surface area contributed by atoms with Gasteiger partial charge in [-0.15, -0.1) is 0 Å². The van der Waals surface area contributed by atoms with Crippen molar-refractivity contribution in [2.45, 2.75) is 0 Å². The molecule has 1 aromatic rings. The average Bonchev–Trinajstić information content (AvgIpc) is 2.06. The van der Waals surface area contributed by atoms with E-state index < -0.39 is 0 Å². The molecule has 0 spiro atoms. The maximum absolute atomic E-state index is 5.50. The number of nitrogens with two attached hydrogens (primary N) is 2. The monoisotopic (exact) mass is 161 g/mol. The van der Waals surface area contributed by atoms with Crippen LogP contribution in [-0.4, -0.2) is 5.84 Å². The fourth-order valence-electron chi connectivity index (χ4n) is 0.787. The van der Waals surface area contributed by atoms with Gasteiger partial charge < -0.3 is 11.5 Å². The molecule has 0 aliphatic rings. The van der Waals surface area contributed by atoms with Crippen molar-refractivity contribution in [2.75, 3.05) is 0 Å². The van der Waals surface area contributed by atoms with E-state index in [0.29, 0.717) is 5.84 Å². The Morgan fingerprint density at radius 3 is 2.50 bits per heavy atom. The summed E-state index contributed by atoms with van der Waals surface area (Å²) < 4.78 is 0. The van der Waals surface area contributed by atoms with Crippen LogP contribution in [-0.2, 0) is 0 Å². The first-order valence-electron chi connectivity index (χ1n) is 3.60. The number of amidine groups is 1. The van der Waals surface area contributed by atoms with Crippen molar-refractivity contribution in [2.24, 2.45) is 16.5 Å². The van der Waals surface area contributed by atoms with E-state index in [0.717, 1.165) is 5.69 Å². The van der Waals surface area contributed by atoms with Gasteiger partial charge in [-0.2, -0.15) is 0 Å². The molecule has 0 atom stereocenters. The van der Waals surface area contributed by atoms with Gasteiger partial charge in [-0.3, -0.25) is 0 Å². The Kier molecular flexibility index (Phi) is 2.90. The summed E-state index contributed by atoms with van der Waals surface area (Å²) in [6.07, 6.45) is 2.91. The number of nitrogens with zero attached hydrogens (tertiary/aromatic N) is 1. The Morgan fingerprint density at radius 2 is 1.92 bits per heavy atom. The van der Waals surface area contributed by atoms with Gasteiger partial charge in [0.1, 0.15) is 5.84 Å². The third kappa shape index (κ3) is 2.46. The molecule has 0 unspecified atom stereocenters. The highest BCUT2D eigenvalue weighted by Gasteiger charge is 1.86. The molecule has 0 saturated heterocycles. The smallest absolute Gasteiger partial charge is 0.125 e. The van der Waals surface area contributed by atoms with Crippen molar-refractivity contribution in [3.05, 3.63) is 42.6 Å². The minimum atomic E-state index is 0.406. The van der Waals surface area contributed by atoms with Gasteiger partial charge in [-0.25, -0.2) is 4.99 Å². The molecule has 12 heavy (non-hydrogen) atoms. The molecule has 1 rings (SSSR count). The number of rotatable bonds is 2. The van der Waals surface area contributed by atoms with E-state index in [1.165, 1.54) is 6.20 Å². The molecule has 0 heterocycles. The summed E-state index contributed by atoms with van der Waals surface area (Å²) in [7, 11) is 0. The van der Waals surface area contributed by atoms with E-state index in [2.05, 4.69) is 4.99 Å². The summed E-state index contributed by atoms with van der Waals surface area (Å²) in [5.74, 6) is 0.406. The molecule has 0 radical (unpaired) electrons. The minimum absolute atomic E-state index is 0.406. The van der Waals surface area contributed by atoms with Crippen LogP contribution in [0.3, 0.4) is 0 Å². The first-order valence-corrected chi connectivity index (χ1v) is 3.60. The Morgan fingerprint density at radius 1 is 1.25 bits per heavy atom. The van der Waals surface area contributed by atoms with Crippen LogP contribution in [0.5, 0.6) is 0 Å². The SMILES string of the molecule is NC=CC(N)=Nc1ccccc1. The summed E-state index contributed by atoms with van der Waals surface area (Å²) in [5, 5.41) is 0. The second-order valence-corrected chi connectivity index (χ2v) is 2.23. The Bertz CT molecular complexity index is 288. The van der Waals surface area contributed by atoms with E-state index in [4.69, 9.17) is 11.5 Å². The predicted octanol–water partition coefficient (Wildman–Crippen LogP) is 1.15. The first-order chi connectivity index (χ1) is 5.83. The van der Waals surface area contributed by atoms with Gasteiger partial charge in [0.2, 0.25) is 0 Å². The van der Waals surface area contributed by atoms with Crippen LogP contribution in [0.25, 0.3) is 0 Å². The summed E-state index contributed by atoms with van der Waals surface area (Å²) in [4.78, 5) is 4.08. The predicted molar refractivity (Wildman–Crippen MR) is 51.1 cm³/mol. The third-order valence-corrected chi connectivity index (χ3v) is 1.28. The molecular weight excluding hydrogens is 150 g/mol. The molecule has 0 fully saturated rings. The number of aliphatic imine (C=N–C) groups is 1. The normalized spacial score (nSPS) is 12.2. The lowest BCUT2D eigenvalue weighted by Crippen LogP contribution is -2.07. The van der Waals surface area contributed by atoms with Gasteiger partial charge in [0.25, 0.3) is 0 Å². The van der Waals surface area contributed by atoms with Crippen LogP contribution in [0.2, 0.25) is 0 Å². The van der Waals surface area contributed by atoms with Gasteiger partial charge >= 0.3 is 0 Å². The molecule has 0 aliphatic carbocycles. The van der Waals surface area contributed by atoms with Crippen LogP contribution in [0.1, 0.15) is 0 Å². The van der Waals surface area contributed by atoms with Crippen molar-refractivity contribution in [3.63, 3.8) is 0 Å². The number of hydrogen-bond donors (Lipinski definition) is 2. The Labute approximate surface area is 71.4 Å². The highest BCUT2D eigenvalue weighted by atomic mass is 14.8. The molecule has 0 bridgehead atoms. The molecule has 1 aromatic carbocycles. The molecule has 3 nitrogen and oxygen atoms in total. The fourth-order valence-corrected chi connectivity index (χ4v) is 0.787. The van der Waals surface area contributed by atoms with Crippen molar-refractivity contribution >= 4 is 11.5 Å². The highest BCUT2D eigenvalue weighted by molar-refractivity contribution is 5.93. The Hall–Kier alpha value is -1.77. The van der Waals surface area contributed by atoms with Crippen molar-refractivity contribution < 1.29 is 0 Å². The zero-order chi connectivity index (χ0) is 8.81. The lowest BCUT2D eigenvalue weighted by Gasteiger charge is -1.93. The lowest BCUT2D eigenvalue weighted by atomic mass is 10.3. The second kappa shape index (κ2) is 4.18. The summed E-state index contributed by atoms with van der Waals surface area (Å²) in [6.45, 7) is 0. The first kappa shape index (κ1) is 8.33. The lowest BCUT2D eigenvalue weighted by molar-refractivity contribution is 1.47. The fraction of sp³-hybridized carbons (Fsp3) is 0. The average molecular weight is 161 g/mol. The van der Waals surface area contributed by atoms with E-state index in [1.807, 2.05) is 30.3 Å². The van der Waals surface area contributed by atoms with Gasteiger partial charge in [0, 0.05) is 0 Å². The highest BCUT2D eigenvalue weighted by Crippen LogP contribution is 2.08. The van der Waals surface area contributed by atoms with Crippen molar-refractivity contribution in [1.29, 1.82) is 0 Å². The number of benzene rings is 1. The van der Waals surface area contributed by atoms with E-state index in [-0.39, 0.29) is 0 Å². The quantitative estimate of drug-likeness (QED) is 0.504. The zero-order valence-electron chi connectivity index (χ0n) is 6.64. The summed E-state index contributed by atoms with van der Waals surface area (Å²) in [6, 6.07) is 9.47. The number of hydrogen-bond acceptors (Lipinski definition) is 2. The summed E-state index contributed by atoms with van der Waals surface area (Å²) in [5.41, 5.74) is 11.5. The van der Waals surface area contributed by atoms with Gasteiger partial charge in [0.05, 0.1) is 5.69 Å². The molecule has 0 amide bonds. The maximum atomic E-state index is 5.50. The minimum Gasteiger partial charge on any atom is -0.404 e. The topological polar surface area (TPSA) is 64.4 Å². The van der Waals surface area contributed by atoms with Crippen LogP contribution in [0.4, 0.5) is 5.69 Å². The van der Waals surface area contributed by atoms with Gasteiger partial charge in [-0.1, -0.05) is 18.2 Å². The van der Waals surface area contributed by atoms with Crippen molar-refractivity contribution in [1.82, 2.24) is 0 Å². The van der Waals surface area contributed by atoms with E-state index >= 15 is 0 Å². The number of para-hydroxylation sites is 1. The Balaban J connectivity index is 2.81. The molecular formula is C9H11N3. The standard InChI is InChI=1S/C9H11N3/c10-7-6-9(11)12-8-4-2-1-3-5-8/h1-7H,10H2,(H2,11,12). The molecule has 4 N–H and O–H groups in total. The third-order valence-electron chi connectivity index (χ3n) is 1.28. The van der Waals surface area contributed by atoms with Crippen molar-refractivity contribution in [3.8, 4) is 0 Å². The molecule has 62 valence electrons. The van der Waals surface area contributed by atoms with Crippen LogP contribution in [0.15, 0.2) is 47.6 Å². The van der Waals surface area contributed by atoms with Crippen LogP contribution >= 0.6 is 0 Å². The van der Waals surface area contributed by atoms with Crippen LogP contribution < -0.4 is 11.5 Å². The van der Waals surface area contributed by atoms with E-state index in [1.54, 1.807) is 6.08 Å². The molecule has 0 aliphatic heterocycles. The van der Waals surface area contributed by atoms with Gasteiger partial charge in [0.15, 0.2) is 0 Å². The summed E-state index contributed by atoms with van der Waals surface area (Å²) >= 11 is 0. The zero-order valence-corrected chi connectivity index (χ0v) is 6.64. The maximum Gasteiger partial charge on any atom is 0.125 e.